The smallest absolute Gasteiger partial charge is 0.274 e. The summed E-state index contributed by atoms with van der Waals surface area (Å²) in [6, 6.07) is 9.19. The van der Waals surface area contributed by atoms with Crippen LogP contribution in [0, 0.1) is 5.92 Å². The van der Waals surface area contributed by atoms with Gasteiger partial charge in [-0.2, -0.15) is 5.10 Å². The number of nitrogens with one attached hydrogen (secondary N) is 1. The van der Waals surface area contributed by atoms with Crippen molar-refractivity contribution >= 4 is 17.5 Å². The molecule has 0 bridgehead atoms. The third-order valence-corrected chi connectivity index (χ3v) is 4.42. The highest BCUT2D eigenvalue weighted by Crippen LogP contribution is 2.19. The topological polar surface area (TPSA) is 50.2 Å². The van der Waals surface area contributed by atoms with E-state index in [1.807, 2.05) is 36.2 Å². The lowest BCUT2D eigenvalue weighted by Gasteiger charge is -2.32. The van der Waals surface area contributed by atoms with E-state index in [-0.39, 0.29) is 5.91 Å². The molecule has 0 radical (unpaired) electrons. The summed E-state index contributed by atoms with van der Waals surface area (Å²) in [6.45, 7) is 2.55. The highest BCUT2D eigenvalue weighted by molar-refractivity contribution is 6.30. The van der Waals surface area contributed by atoms with Gasteiger partial charge in [0, 0.05) is 24.3 Å². The molecule has 1 aromatic heterocycles. The third-order valence-electron chi connectivity index (χ3n) is 4.18. The van der Waals surface area contributed by atoms with E-state index in [4.69, 9.17) is 11.6 Å². The fourth-order valence-corrected chi connectivity index (χ4v) is 3.25. The van der Waals surface area contributed by atoms with Crippen LogP contribution >= 0.6 is 11.6 Å². The maximum atomic E-state index is 12.7. The molecule has 1 atom stereocenters. The van der Waals surface area contributed by atoms with Gasteiger partial charge in [-0.05, 0) is 56.6 Å². The standard InChI is InChI=1S/C17H21ClN4O/c1-19-11-13-4-3-8-21(12-13)17(23)16-7-9-22(20-16)15-6-2-5-14(18)10-15/h2,5-7,9-10,13,19H,3-4,8,11-12H2,1H3/t13-/m1/s1. The summed E-state index contributed by atoms with van der Waals surface area (Å²) in [7, 11) is 1.95. The number of aromatic nitrogens is 2. The molecule has 3 rings (SSSR count). The highest BCUT2D eigenvalue weighted by atomic mass is 35.5. The Bertz CT molecular complexity index is 683. The first kappa shape index (κ1) is 16.0. The minimum Gasteiger partial charge on any atom is -0.337 e. The van der Waals surface area contributed by atoms with Crippen LogP contribution < -0.4 is 5.32 Å². The molecule has 1 N–H and O–H groups in total. The van der Waals surface area contributed by atoms with Gasteiger partial charge in [0.25, 0.3) is 5.91 Å². The molecule has 1 saturated heterocycles. The average molecular weight is 333 g/mol. The second-order valence-corrected chi connectivity index (χ2v) is 6.38. The fraction of sp³-hybridized carbons (Fsp3) is 0.412. The summed E-state index contributed by atoms with van der Waals surface area (Å²) < 4.78 is 1.69. The van der Waals surface area contributed by atoms with Crippen LogP contribution in [0.25, 0.3) is 5.69 Å². The highest BCUT2D eigenvalue weighted by Gasteiger charge is 2.25. The number of hydrogen-bond donors (Lipinski definition) is 1. The van der Waals surface area contributed by atoms with E-state index in [2.05, 4.69) is 10.4 Å². The molecular weight excluding hydrogens is 312 g/mol. The van der Waals surface area contributed by atoms with Crippen LogP contribution in [0.2, 0.25) is 5.02 Å². The van der Waals surface area contributed by atoms with Crippen molar-refractivity contribution in [2.75, 3.05) is 26.7 Å². The van der Waals surface area contributed by atoms with Crippen LogP contribution in [0.3, 0.4) is 0 Å². The molecule has 0 saturated carbocycles. The summed E-state index contributed by atoms with van der Waals surface area (Å²) in [5.74, 6) is 0.527. The van der Waals surface area contributed by atoms with Crippen molar-refractivity contribution < 1.29 is 4.79 Å². The van der Waals surface area contributed by atoms with Gasteiger partial charge in [0.15, 0.2) is 5.69 Å². The predicted octanol–water partition coefficient (Wildman–Crippen LogP) is 2.60. The first-order valence-electron chi connectivity index (χ1n) is 7.93. The lowest BCUT2D eigenvalue weighted by molar-refractivity contribution is 0.0668. The largest absolute Gasteiger partial charge is 0.337 e. The zero-order valence-corrected chi connectivity index (χ0v) is 14.0. The maximum absolute atomic E-state index is 12.7. The quantitative estimate of drug-likeness (QED) is 0.936. The van der Waals surface area contributed by atoms with Crippen LogP contribution in [-0.2, 0) is 0 Å². The van der Waals surface area contributed by atoms with Crippen molar-refractivity contribution in [1.29, 1.82) is 0 Å². The Labute approximate surface area is 141 Å². The molecule has 0 unspecified atom stereocenters. The number of rotatable bonds is 4. The lowest BCUT2D eigenvalue weighted by atomic mass is 9.98. The Morgan fingerprint density at radius 2 is 2.30 bits per heavy atom. The Hall–Kier alpha value is -1.85. The molecule has 1 aliphatic rings. The molecule has 23 heavy (non-hydrogen) atoms. The Morgan fingerprint density at radius 3 is 3.09 bits per heavy atom. The molecule has 0 spiro atoms. The third kappa shape index (κ3) is 3.74. The van der Waals surface area contributed by atoms with Crippen molar-refractivity contribution in [3.63, 3.8) is 0 Å². The number of nitrogens with zero attached hydrogens (tertiary/aromatic N) is 3. The second-order valence-electron chi connectivity index (χ2n) is 5.94. The van der Waals surface area contributed by atoms with Gasteiger partial charge in [-0.25, -0.2) is 4.68 Å². The lowest BCUT2D eigenvalue weighted by Crippen LogP contribution is -2.42. The number of carbonyl (C=O) groups is 1. The molecule has 6 heteroatoms. The SMILES string of the molecule is CNC[C@H]1CCCN(C(=O)c2ccn(-c3cccc(Cl)c3)n2)C1. The van der Waals surface area contributed by atoms with Crippen molar-refractivity contribution in [2.24, 2.45) is 5.92 Å². The predicted molar refractivity (Wildman–Crippen MR) is 91.1 cm³/mol. The van der Waals surface area contributed by atoms with Crippen molar-refractivity contribution in [3.8, 4) is 5.69 Å². The Kier molecular flexibility index (Phi) is 4.98. The number of amides is 1. The van der Waals surface area contributed by atoms with Crippen LogP contribution in [0.4, 0.5) is 0 Å². The van der Waals surface area contributed by atoms with Crippen LogP contribution in [0.15, 0.2) is 36.5 Å². The molecule has 1 aromatic carbocycles. The molecule has 5 nitrogen and oxygen atoms in total. The summed E-state index contributed by atoms with van der Waals surface area (Å²) in [6.07, 6.45) is 4.02. The van der Waals surface area contributed by atoms with E-state index in [1.165, 1.54) is 6.42 Å². The summed E-state index contributed by atoms with van der Waals surface area (Å²) in [5, 5.41) is 8.27. The first-order valence-corrected chi connectivity index (χ1v) is 8.30. The summed E-state index contributed by atoms with van der Waals surface area (Å²) >= 11 is 6.01. The molecule has 2 heterocycles. The number of likely N-dealkylation sites (tertiary alicyclic amines) is 1. The van der Waals surface area contributed by atoms with Crippen molar-refractivity contribution in [2.45, 2.75) is 12.8 Å². The number of carbonyl (C=O) groups excluding carboxylic acids is 1. The van der Waals surface area contributed by atoms with Crippen LogP contribution in [0.1, 0.15) is 23.3 Å². The molecule has 122 valence electrons. The van der Waals surface area contributed by atoms with E-state index < -0.39 is 0 Å². The second kappa shape index (κ2) is 7.15. The number of benzene rings is 1. The van der Waals surface area contributed by atoms with Gasteiger partial charge in [0.1, 0.15) is 0 Å². The van der Waals surface area contributed by atoms with Gasteiger partial charge >= 0.3 is 0 Å². The van der Waals surface area contributed by atoms with Gasteiger partial charge in [0.2, 0.25) is 0 Å². The first-order chi connectivity index (χ1) is 11.2. The average Bonchev–Trinajstić information content (AvgIpc) is 3.05. The molecule has 1 aliphatic heterocycles. The van der Waals surface area contributed by atoms with Gasteiger partial charge in [0.05, 0.1) is 5.69 Å². The van der Waals surface area contributed by atoms with E-state index in [0.717, 1.165) is 31.7 Å². The van der Waals surface area contributed by atoms with E-state index in [1.54, 1.807) is 16.9 Å². The van der Waals surface area contributed by atoms with E-state index in [0.29, 0.717) is 16.6 Å². The Morgan fingerprint density at radius 1 is 1.43 bits per heavy atom. The molecule has 1 fully saturated rings. The van der Waals surface area contributed by atoms with Gasteiger partial charge in [-0.15, -0.1) is 0 Å². The van der Waals surface area contributed by atoms with Crippen LogP contribution in [-0.4, -0.2) is 47.3 Å². The van der Waals surface area contributed by atoms with Gasteiger partial charge in [-0.3, -0.25) is 4.79 Å². The minimum atomic E-state index is 0.00609. The monoisotopic (exact) mass is 332 g/mol. The normalized spacial score (nSPS) is 18.2. The van der Waals surface area contributed by atoms with Gasteiger partial charge in [-0.1, -0.05) is 17.7 Å². The minimum absolute atomic E-state index is 0.00609. The number of piperidine rings is 1. The fourth-order valence-electron chi connectivity index (χ4n) is 3.07. The molecule has 1 amide bonds. The van der Waals surface area contributed by atoms with Gasteiger partial charge < -0.3 is 10.2 Å². The molecule has 2 aromatic rings. The van der Waals surface area contributed by atoms with Crippen molar-refractivity contribution in [1.82, 2.24) is 20.0 Å². The maximum Gasteiger partial charge on any atom is 0.274 e. The summed E-state index contributed by atoms with van der Waals surface area (Å²) in [5.41, 5.74) is 1.33. The summed E-state index contributed by atoms with van der Waals surface area (Å²) in [4.78, 5) is 14.6. The zero-order valence-electron chi connectivity index (χ0n) is 13.2. The number of halogens is 1. The van der Waals surface area contributed by atoms with Crippen LogP contribution in [0.5, 0.6) is 0 Å². The van der Waals surface area contributed by atoms with E-state index in [9.17, 15) is 4.79 Å². The Balaban J connectivity index is 1.73. The van der Waals surface area contributed by atoms with E-state index >= 15 is 0 Å². The zero-order chi connectivity index (χ0) is 16.2. The molecular formula is C17H21ClN4O. The number of hydrogen-bond acceptors (Lipinski definition) is 3. The molecule has 0 aliphatic carbocycles. The van der Waals surface area contributed by atoms with Crippen molar-refractivity contribution in [3.05, 3.63) is 47.2 Å².